The molecule has 1 atom stereocenters. The summed E-state index contributed by atoms with van der Waals surface area (Å²) in [7, 11) is 0. The molecule has 0 spiro atoms. The highest BCUT2D eigenvalue weighted by Gasteiger charge is 2.38. The second-order valence-corrected chi connectivity index (χ2v) is 10.2. The van der Waals surface area contributed by atoms with Crippen molar-refractivity contribution in [3.8, 4) is 0 Å². The van der Waals surface area contributed by atoms with Gasteiger partial charge in [-0.2, -0.15) is 18.3 Å². The Balaban J connectivity index is 0.000000616. The highest BCUT2D eigenvalue weighted by atomic mass is 35.5. The average Bonchev–Trinajstić information content (AvgIpc) is 3.40. The van der Waals surface area contributed by atoms with Crippen LogP contribution in [0.5, 0.6) is 0 Å². The number of likely N-dealkylation sites (tertiary alicyclic amines) is 1. The summed E-state index contributed by atoms with van der Waals surface area (Å²) >= 11 is 6.05. The predicted octanol–water partition coefficient (Wildman–Crippen LogP) is 4.28. The van der Waals surface area contributed by atoms with E-state index in [1.54, 1.807) is 4.68 Å². The van der Waals surface area contributed by atoms with E-state index in [2.05, 4.69) is 10.2 Å². The van der Waals surface area contributed by atoms with Gasteiger partial charge in [0.15, 0.2) is 0 Å². The van der Waals surface area contributed by atoms with Gasteiger partial charge in [-0.05, 0) is 50.1 Å². The molecule has 0 unspecified atom stereocenters. The molecule has 1 aliphatic heterocycles. The van der Waals surface area contributed by atoms with Crippen LogP contribution >= 0.6 is 11.6 Å². The van der Waals surface area contributed by atoms with Gasteiger partial charge >= 0.3 is 12.1 Å². The average molecular weight is 611 g/mol. The molecule has 0 bridgehead atoms. The number of ether oxygens (including phenoxy) is 1. The quantitative estimate of drug-likeness (QED) is 0.312. The van der Waals surface area contributed by atoms with Crippen LogP contribution in [0.25, 0.3) is 10.8 Å². The van der Waals surface area contributed by atoms with Crippen LogP contribution in [0.15, 0.2) is 53.3 Å². The first-order valence-corrected chi connectivity index (χ1v) is 14.0. The van der Waals surface area contributed by atoms with Gasteiger partial charge in [0.25, 0.3) is 5.56 Å². The van der Waals surface area contributed by atoms with E-state index in [1.807, 2.05) is 55.5 Å². The molecule has 1 amide bonds. The Morgan fingerprint density at radius 1 is 1.14 bits per heavy atom. The minimum absolute atomic E-state index is 0.0293. The lowest BCUT2D eigenvalue weighted by Crippen LogP contribution is -2.39. The van der Waals surface area contributed by atoms with Crippen molar-refractivity contribution in [2.75, 3.05) is 32.8 Å². The van der Waals surface area contributed by atoms with Crippen LogP contribution < -0.4 is 10.9 Å². The van der Waals surface area contributed by atoms with E-state index < -0.39 is 12.1 Å². The molecule has 3 aromatic rings. The SMILES string of the molecule is CCOCCNC(=O)CCN1CCC[C@@H]1Cn1nc(Cc2ccc(Cl)cc2)c2ccccc2c1=O.O=C(O)C(F)(F)F. The van der Waals surface area contributed by atoms with E-state index in [-0.39, 0.29) is 17.5 Å². The number of carbonyl (C=O) groups is 2. The molecular formula is C29H34ClF3N4O5. The summed E-state index contributed by atoms with van der Waals surface area (Å²) < 4.78 is 38.6. The maximum atomic E-state index is 13.3. The van der Waals surface area contributed by atoms with E-state index in [9.17, 15) is 22.8 Å². The van der Waals surface area contributed by atoms with Crippen LogP contribution in [0.4, 0.5) is 13.2 Å². The maximum Gasteiger partial charge on any atom is 0.490 e. The maximum absolute atomic E-state index is 13.3. The first-order chi connectivity index (χ1) is 20.0. The van der Waals surface area contributed by atoms with Gasteiger partial charge in [-0.15, -0.1) is 0 Å². The lowest BCUT2D eigenvalue weighted by atomic mass is 10.0. The summed E-state index contributed by atoms with van der Waals surface area (Å²) in [5, 5.41) is 17.1. The molecule has 42 heavy (non-hydrogen) atoms. The Bertz CT molecular complexity index is 1400. The third kappa shape index (κ3) is 9.81. The van der Waals surface area contributed by atoms with Crippen molar-refractivity contribution >= 4 is 34.2 Å². The van der Waals surface area contributed by atoms with Crippen molar-refractivity contribution < 1.29 is 32.6 Å². The summed E-state index contributed by atoms with van der Waals surface area (Å²) in [5.41, 5.74) is 1.90. The van der Waals surface area contributed by atoms with Crippen molar-refractivity contribution in [3.05, 3.63) is 75.2 Å². The van der Waals surface area contributed by atoms with Crippen LogP contribution in [0.2, 0.25) is 5.02 Å². The Kier molecular flexibility index (Phi) is 12.3. The Hall–Kier alpha value is -3.48. The third-order valence-corrected chi connectivity index (χ3v) is 7.01. The number of amides is 1. The van der Waals surface area contributed by atoms with E-state index in [0.29, 0.717) is 56.1 Å². The molecule has 1 fully saturated rings. The number of alkyl halides is 3. The molecule has 228 valence electrons. The monoisotopic (exact) mass is 610 g/mol. The highest BCUT2D eigenvalue weighted by molar-refractivity contribution is 6.30. The number of halogens is 4. The number of rotatable bonds is 11. The third-order valence-electron chi connectivity index (χ3n) is 6.75. The summed E-state index contributed by atoms with van der Waals surface area (Å²) in [4.78, 5) is 36.7. The van der Waals surface area contributed by atoms with Gasteiger partial charge < -0.3 is 15.2 Å². The molecule has 1 saturated heterocycles. The second kappa shape index (κ2) is 15.7. The lowest BCUT2D eigenvalue weighted by molar-refractivity contribution is -0.192. The summed E-state index contributed by atoms with van der Waals surface area (Å²) in [6.45, 7) is 5.76. The van der Waals surface area contributed by atoms with Crippen molar-refractivity contribution in [2.45, 2.75) is 51.4 Å². The molecule has 2 aromatic carbocycles. The number of nitrogens with one attached hydrogen (secondary N) is 1. The molecule has 2 N–H and O–H groups in total. The van der Waals surface area contributed by atoms with Gasteiger partial charge in [0.1, 0.15) is 0 Å². The summed E-state index contributed by atoms with van der Waals surface area (Å²) in [5.74, 6) is -2.73. The Morgan fingerprint density at radius 2 is 1.81 bits per heavy atom. The van der Waals surface area contributed by atoms with E-state index >= 15 is 0 Å². The molecule has 9 nitrogen and oxygen atoms in total. The predicted molar refractivity (Wildman–Crippen MR) is 153 cm³/mol. The topological polar surface area (TPSA) is 114 Å². The number of carbonyl (C=O) groups excluding carboxylic acids is 1. The number of nitrogens with zero attached hydrogens (tertiary/aromatic N) is 3. The molecular weight excluding hydrogens is 577 g/mol. The van der Waals surface area contributed by atoms with Gasteiger partial charge in [0, 0.05) is 49.0 Å². The normalized spacial score (nSPS) is 15.3. The van der Waals surface area contributed by atoms with Gasteiger partial charge in [-0.1, -0.05) is 41.9 Å². The molecule has 0 aliphatic carbocycles. The zero-order chi connectivity index (χ0) is 30.7. The number of carboxylic acids is 1. The molecule has 4 rings (SSSR count). The molecule has 0 saturated carbocycles. The molecule has 1 aliphatic rings. The van der Waals surface area contributed by atoms with Gasteiger partial charge in [0.2, 0.25) is 5.91 Å². The number of aliphatic carboxylic acids is 1. The fourth-order valence-electron chi connectivity index (χ4n) is 4.69. The smallest absolute Gasteiger partial charge is 0.475 e. The fourth-order valence-corrected chi connectivity index (χ4v) is 4.82. The van der Waals surface area contributed by atoms with Crippen LogP contribution in [-0.4, -0.2) is 76.7 Å². The Labute approximate surface area is 246 Å². The number of benzene rings is 2. The van der Waals surface area contributed by atoms with E-state index in [4.69, 9.17) is 31.3 Å². The molecule has 13 heteroatoms. The van der Waals surface area contributed by atoms with E-state index in [0.717, 1.165) is 36.0 Å². The van der Waals surface area contributed by atoms with Crippen molar-refractivity contribution in [1.29, 1.82) is 0 Å². The van der Waals surface area contributed by atoms with Crippen LogP contribution in [0, 0.1) is 0 Å². The van der Waals surface area contributed by atoms with Gasteiger partial charge in [0.05, 0.1) is 24.2 Å². The van der Waals surface area contributed by atoms with E-state index in [1.165, 1.54) is 0 Å². The summed E-state index contributed by atoms with van der Waals surface area (Å²) in [6.07, 6.45) is -1.99. The number of fused-ring (bicyclic) bond motifs is 1. The molecule has 0 radical (unpaired) electrons. The number of hydrogen-bond donors (Lipinski definition) is 2. The number of carboxylic acid groups (broad SMARTS) is 1. The number of aromatic nitrogens is 2. The molecule has 1 aromatic heterocycles. The van der Waals surface area contributed by atoms with Crippen LogP contribution in [-0.2, 0) is 27.3 Å². The first-order valence-electron chi connectivity index (χ1n) is 13.6. The van der Waals surface area contributed by atoms with Crippen molar-refractivity contribution in [3.63, 3.8) is 0 Å². The Morgan fingerprint density at radius 3 is 2.45 bits per heavy atom. The lowest BCUT2D eigenvalue weighted by Gasteiger charge is -2.25. The highest BCUT2D eigenvalue weighted by Crippen LogP contribution is 2.21. The first kappa shape index (κ1) is 33.0. The van der Waals surface area contributed by atoms with Crippen LogP contribution in [0.1, 0.15) is 37.4 Å². The number of hydrogen-bond acceptors (Lipinski definition) is 6. The van der Waals surface area contributed by atoms with Crippen LogP contribution in [0.3, 0.4) is 0 Å². The van der Waals surface area contributed by atoms with Crippen molar-refractivity contribution in [1.82, 2.24) is 20.0 Å². The largest absolute Gasteiger partial charge is 0.490 e. The van der Waals surface area contributed by atoms with Gasteiger partial charge in [-0.25, -0.2) is 9.48 Å². The second-order valence-electron chi connectivity index (χ2n) is 9.71. The zero-order valence-electron chi connectivity index (χ0n) is 23.2. The summed E-state index contributed by atoms with van der Waals surface area (Å²) in [6, 6.07) is 15.6. The standard InChI is InChI=1S/C27H33ClN4O3.C2HF3O2/c1-2-35-17-14-29-26(33)13-16-31-15-5-6-22(31)19-32-27(34)24-8-4-3-7-23(24)25(30-32)18-20-9-11-21(28)12-10-20;3-2(4,5)1(6)7/h3-4,7-12,22H,2,5-6,13-19H2,1H3,(H,29,33);(H,6,7)/t22-;/m1./s1. The van der Waals surface area contributed by atoms with Gasteiger partial charge in [-0.3, -0.25) is 14.5 Å². The fraction of sp³-hybridized carbons (Fsp3) is 0.448. The van der Waals surface area contributed by atoms with Crippen molar-refractivity contribution in [2.24, 2.45) is 0 Å². The zero-order valence-corrected chi connectivity index (χ0v) is 24.0. The minimum atomic E-state index is -5.08. The minimum Gasteiger partial charge on any atom is -0.475 e. The molecule has 2 heterocycles.